The average molecular weight is 454 g/mol. The number of hydrogen-bond acceptors (Lipinski definition) is 6. The molecule has 1 aliphatic carbocycles. The molecule has 4 rings (SSSR count). The van der Waals surface area contributed by atoms with Crippen LogP contribution in [0.4, 0.5) is 10.1 Å². The number of hydrogen-bond donors (Lipinski definition) is 1. The first kappa shape index (κ1) is 21.7. The highest BCUT2D eigenvalue weighted by Gasteiger charge is 2.45. The lowest BCUT2D eigenvalue weighted by Gasteiger charge is -2.43. The molecule has 1 atom stereocenters. The van der Waals surface area contributed by atoms with E-state index >= 15 is 0 Å². The smallest absolute Gasteiger partial charge is 0.162 e. The Bertz CT molecular complexity index is 1160. The Balaban J connectivity index is 2.01. The molecule has 0 spiro atoms. The largest absolute Gasteiger partial charge is 0.384 e. The van der Waals surface area contributed by atoms with Crippen LogP contribution < -0.4 is 10.6 Å². The van der Waals surface area contributed by atoms with E-state index in [-0.39, 0.29) is 22.7 Å². The number of benzene rings is 1. The van der Waals surface area contributed by atoms with E-state index in [1.165, 1.54) is 17.4 Å². The maximum absolute atomic E-state index is 14.9. The molecule has 1 aromatic heterocycles. The van der Waals surface area contributed by atoms with Crippen LogP contribution in [0.2, 0.25) is 0 Å². The molecular weight excluding hydrogens is 429 g/mol. The minimum Gasteiger partial charge on any atom is -0.384 e. The minimum atomic E-state index is -0.513. The van der Waals surface area contributed by atoms with Crippen LogP contribution in [0.5, 0.6) is 0 Å². The molecule has 0 radical (unpaired) electrons. The van der Waals surface area contributed by atoms with Crippen LogP contribution in [0.3, 0.4) is 0 Å². The number of rotatable bonds is 4. The molecule has 0 unspecified atom stereocenters. The summed E-state index contributed by atoms with van der Waals surface area (Å²) in [5.41, 5.74) is 8.12. The van der Waals surface area contributed by atoms with Gasteiger partial charge in [-0.05, 0) is 41.2 Å². The fourth-order valence-electron chi connectivity index (χ4n) is 4.47. The molecule has 4 nitrogen and oxygen atoms in total. The van der Waals surface area contributed by atoms with Gasteiger partial charge >= 0.3 is 0 Å². The van der Waals surface area contributed by atoms with E-state index in [2.05, 4.69) is 13.0 Å². The third-order valence-corrected chi connectivity index (χ3v) is 7.76. The van der Waals surface area contributed by atoms with Crippen molar-refractivity contribution in [3.63, 3.8) is 0 Å². The molecule has 0 bridgehead atoms. The van der Waals surface area contributed by atoms with Gasteiger partial charge in [0.2, 0.25) is 0 Å². The van der Waals surface area contributed by atoms with Gasteiger partial charge in [0.25, 0.3) is 0 Å². The molecule has 1 aromatic carbocycles. The van der Waals surface area contributed by atoms with Crippen molar-refractivity contribution in [2.24, 2.45) is 11.1 Å². The quantitative estimate of drug-likeness (QED) is 0.580. The highest BCUT2D eigenvalue weighted by Crippen LogP contribution is 2.52. The average Bonchev–Trinajstić information content (AvgIpc) is 3.15. The van der Waals surface area contributed by atoms with Crippen LogP contribution in [0.15, 0.2) is 63.3 Å². The summed E-state index contributed by atoms with van der Waals surface area (Å²) in [6.07, 6.45) is 0.952. The summed E-state index contributed by atoms with van der Waals surface area (Å²) < 4.78 is 14.9. The molecule has 1 aliphatic heterocycles. The summed E-state index contributed by atoms with van der Waals surface area (Å²) in [5, 5.41) is 12.1. The summed E-state index contributed by atoms with van der Waals surface area (Å²) in [5.74, 6) is 0.121. The second kappa shape index (κ2) is 8.18. The number of halogens is 1. The van der Waals surface area contributed by atoms with Crippen molar-refractivity contribution in [1.29, 1.82) is 5.26 Å². The van der Waals surface area contributed by atoms with Gasteiger partial charge in [-0.25, -0.2) is 4.39 Å². The number of carbonyl (C=O) groups is 1. The van der Waals surface area contributed by atoms with Crippen LogP contribution >= 0.6 is 23.1 Å². The Morgan fingerprint density at radius 1 is 1.32 bits per heavy atom. The maximum Gasteiger partial charge on any atom is 0.162 e. The Morgan fingerprint density at radius 3 is 2.74 bits per heavy atom. The third kappa shape index (κ3) is 3.68. The van der Waals surface area contributed by atoms with Gasteiger partial charge in [0.15, 0.2) is 5.78 Å². The van der Waals surface area contributed by atoms with E-state index in [1.54, 1.807) is 34.9 Å². The van der Waals surface area contributed by atoms with Crippen molar-refractivity contribution in [2.45, 2.75) is 44.4 Å². The number of carbonyl (C=O) groups excluding carboxylic acids is 1. The molecular formula is C24H24FN3OS2. The van der Waals surface area contributed by atoms with Crippen molar-refractivity contribution in [3.8, 4) is 6.07 Å². The first-order valence-electron chi connectivity index (χ1n) is 10.2. The molecule has 31 heavy (non-hydrogen) atoms. The zero-order valence-corrected chi connectivity index (χ0v) is 19.4. The van der Waals surface area contributed by atoms with Crippen molar-refractivity contribution < 1.29 is 9.18 Å². The molecule has 0 saturated heterocycles. The summed E-state index contributed by atoms with van der Waals surface area (Å²) in [6.45, 7) is 6.14. The number of nitriles is 1. The highest BCUT2D eigenvalue weighted by molar-refractivity contribution is 7.99. The molecule has 160 valence electrons. The molecule has 7 heteroatoms. The number of anilines is 1. The zero-order chi connectivity index (χ0) is 22.3. The first-order valence-corrected chi connectivity index (χ1v) is 12.1. The van der Waals surface area contributed by atoms with Crippen LogP contribution in [0.1, 0.15) is 44.4 Å². The fraction of sp³-hybridized carbons (Fsp3) is 0.333. The van der Waals surface area contributed by atoms with Crippen LogP contribution in [-0.4, -0.2) is 11.5 Å². The Morgan fingerprint density at radius 2 is 2.06 bits per heavy atom. The summed E-state index contributed by atoms with van der Waals surface area (Å²) in [7, 11) is 0. The maximum atomic E-state index is 14.9. The standard InChI is InChI=1S/C24H24FN3OS2/c1-4-30-19-9-10-31-22(19)20-14(13-26)23(27)28(16-8-6-5-7-15(16)25)17-11-24(2,3)12-18(29)21(17)20/h5-10,20H,4,11-12,27H2,1-3H3/t20-/m0/s1. The predicted molar refractivity (Wildman–Crippen MR) is 124 cm³/mol. The van der Waals surface area contributed by atoms with Crippen LogP contribution in [-0.2, 0) is 4.79 Å². The summed E-state index contributed by atoms with van der Waals surface area (Å²) in [4.78, 5) is 17.1. The number of para-hydroxylation sites is 1. The number of thiophene rings is 1. The first-order chi connectivity index (χ1) is 14.8. The van der Waals surface area contributed by atoms with Crippen molar-refractivity contribution in [1.82, 2.24) is 0 Å². The Labute approximate surface area is 190 Å². The lowest BCUT2D eigenvalue weighted by Crippen LogP contribution is -2.42. The highest BCUT2D eigenvalue weighted by atomic mass is 32.2. The van der Waals surface area contributed by atoms with Crippen LogP contribution in [0, 0.1) is 22.6 Å². The monoisotopic (exact) mass is 453 g/mol. The van der Waals surface area contributed by atoms with Gasteiger partial charge in [-0.2, -0.15) is 5.26 Å². The summed E-state index contributed by atoms with van der Waals surface area (Å²) >= 11 is 3.22. The van der Waals surface area contributed by atoms with E-state index in [0.29, 0.717) is 29.7 Å². The van der Waals surface area contributed by atoms with E-state index in [0.717, 1.165) is 15.5 Å². The van der Waals surface area contributed by atoms with Crippen LogP contribution in [0.25, 0.3) is 0 Å². The van der Waals surface area contributed by atoms with E-state index < -0.39 is 11.7 Å². The molecule has 2 heterocycles. The van der Waals surface area contributed by atoms with Gasteiger partial charge in [-0.15, -0.1) is 23.1 Å². The van der Waals surface area contributed by atoms with Gasteiger partial charge in [0.05, 0.1) is 23.2 Å². The number of nitrogens with two attached hydrogens (primary N) is 1. The third-order valence-electron chi connectivity index (χ3n) is 5.69. The SMILES string of the molecule is CCSc1ccsc1[C@H]1C(C#N)=C(N)N(c2ccccc2F)C2=C1C(=O)CC(C)(C)C2. The second-order valence-corrected chi connectivity index (χ2v) is 10.8. The number of allylic oxidation sites excluding steroid dienone is 3. The van der Waals surface area contributed by atoms with Crippen molar-refractivity contribution in [3.05, 3.63) is 69.1 Å². The molecule has 2 N–H and O–H groups in total. The minimum absolute atomic E-state index is 0.00122. The predicted octanol–water partition coefficient (Wildman–Crippen LogP) is 5.94. The fourth-order valence-corrected chi connectivity index (χ4v) is 6.52. The van der Waals surface area contributed by atoms with E-state index in [1.807, 2.05) is 25.3 Å². The van der Waals surface area contributed by atoms with E-state index in [9.17, 15) is 14.4 Å². The van der Waals surface area contributed by atoms with Gasteiger partial charge in [0.1, 0.15) is 11.6 Å². The lowest BCUT2D eigenvalue weighted by molar-refractivity contribution is -0.118. The zero-order valence-electron chi connectivity index (χ0n) is 17.7. The Kier molecular flexibility index (Phi) is 5.71. The molecule has 0 amide bonds. The number of Topliss-reactive ketones (excluding diaryl/α,β-unsaturated/α-hetero) is 1. The number of ketones is 1. The van der Waals surface area contributed by atoms with Gasteiger partial charge in [0, 0.05) is 27.5 Å². The molecule has 2 aromatic rings. The molecule has 0 saturated carbocycles. The number of thioether (sulfide) groups is 1. The topological polar surface area (TPSA) is 70.1 Å². The van der Waals surface area contributed by atoms with Gasteiger partial charge < -0.3 is 5.73 Å². The van der Waals surface area contributed by atoms with Crippen molar-refractivity contribution in [2.75, 3.05) is 10.7 Å². The van der Waals surface area contributed by atoms with Gasteiger partial charge in [-0.3, -0.25) is 9.69 Å². The van der Waals surface area contributed by atoms with Crippen molar-refractivity contribution >= 4 is 34.6 Å². The Hall–Kier alpha value is -2.56. The molecule has 0 fully saturated rings. The lowest BCUT2D eigenvalue weighted by atomic mass is 9.69. The van der Waals surface area contributed by atoms with Gasteiger partial charge in [-0.1, -0.05) is 32.9 Å². The normalized spacial score (nSPS) is 20.7. The number of nitrogens with zero attached hydrogens (tertiary/aromatic N) is 2. The molecule has 2 aliphatic rings. The van der Waals surface area contributed by atoms with E-state index in [4.69, 9.17) is 5.73 Å². The second-order valence-electron chi connectivity index (χ2n) is 8.51. The summed E-state index contributed by atoms with van der Waals surface area (Å²) in [6, 6.07) is 10.6.